The third kappa shape index (κ3) is 2.94. The predicted molar refractivity (Wildman–Crippen MR) is 65.6 cm³/mol. The highest BCUT2D eigenvalue weighted by molar-refractivity contribution is 5.89. The molecule has 0 saturated carbocycles. The Bertz CT molecular complexity index is 427. The van der Waals surface area contributed by atoms with E-state index in [0.29, 0.717) is 5.56 Å². The highest BCUT2D eigenvalue weighted by Gasteiger charge is 2.42. The minimum Gasteiger partial charge on any atom is -0.466 e. The van der Waals surface area contributed by atoms with E-state index in [0.717, 1.165) is 7.11 Å². The standard InChI is InChI=1S/C14H16F2O2/c1-4-14(15,16)12(10(2)13(17)18-3)11-8-6-5-7-9-11/h5-9,12H,2,4H2,1,3H3/t12-/m1/s1. The van der Waals surface area contributed by atoms with Crippen molar-refractivity contribution < 1.29 is 18.3 Å². The Morgan fingerprint density at radius 1 is 1.39 bits per heavy atom. The number of carbonyl (C=O) groups excluding carboxylic acids is 1. The summed E-state index contributed by atoms with van der Waals surface area (Å²) < 4.78 is 32.4. The second kappa shape index (κ2) is 5.76. The van der Waals surface area contributed by atoms with Crippen LogP contribution in [0.5, 0.6) is 0 Å². The zero-order chi connectivity index (χ0) is 13.8. The second-order valence-corrected chi connectivity index (χ2v) is 3.98. The largest absolute Gasteiger partial charge is 0.466 e. The van der Waals surface area contributed by atoms with Crippen molar-refractivity contribution in [3.63, 3.8) is 0 Å². The van der Waals surface area contributed by atoms with Crippen LogP contribution in [0.25, 0.3) is 0 Å². The average Bonchev–Trinajstić information content (AvgIpc) is 2.38. The quantitative estimate of drug-likeness (QED) is 0.593. The van der Waals surface area contributed by atoms with Gasteiger partial charge in [0.1, 0.15) is 0 Å². The molecule has 1 aromatic rings. The molecule has 0 radical (unpaired) electrons. The number of hydrogen-bond donors (Lipinski definition) is 0. The van der Waals surface area contributed by atoms with E-state index in [1.54, 1.807) is 30.3 Å². The fourth-order valence-electron chi connectivity index (χ4n) is 1.80. The van der Waals surface area contributed by atoms with Gasteiger partial charge >= 0.3 is 5.97 Å². The van der Waals surface area contributed by atoms with Gasteiger partial charge < -0.3 is 4.74 Å². The minimum atomic E-state index is -3.04. The van der Waals surface area contributed by atoms with Gasteiger partial charge in [0, 0.05) is 12.0 Å². The van der Waals surface area contributed by atoms with Crippen molar-refractivity contribution in [1.29, 1.82) is 0 Å². The summed E-state index contributed by atoms with van der Waals surface area (Å²) in [6.45, 7) is 4.84. The van der Waals surface area contributed by atoms with Gasteiger partial charge in [-0.25, -0.2) is 13.6 Å². The van der Waals surface area contributed by atoms with Gasteiger partial charge in [0.2, 0.25) is 0 Å². The van der Waals surface area contributed by atoms with Crippen LogP contribution in [-0.4, -0.2) is 19.0 Å². The SMILES string of the molecule is C=C(C(=O)OC)[C@H](c1ccccc1)C(F)(F)CC. The monoisotopic (exact) mass is 254 g/mol. The summed E-state index contributed by atoms with van der Waals surface area (Å²) in [5.41, 5.74) is 0.135. The molecule has 0 fully saturated rings. The zero-order valence-corrected chi connectivity index (χ0v) is 10.5. The van der Waals surface area contributed by atoms with Gasteiger partial charge in [-0.2, -0.15) is 0 Å². The van der Waals surface area contributed by atoms with Crippen LogP contribution in [0.1, 0.15) is 24.8 Å². The number of rotatable bonds is 5. The molecular formula is C14H16F2O2. The summed E-state index contributed by atoms with van der Waals surface area (Å²) in [5.74, 6) is -5.19. The zero-order valence-electron chi connectivity index (χ0n) is 10.5. The molecular weight excluding hydrogens is 238 g/mol. The smallest absolute Gasteiger partial charge is 0.333 e. The molecule has 1 atom stereocenters. The first-order valence-electron chi connectivity index (χ1n) is 5.64. The van der Waals surface area contributed by atoms with Crippen molar-refractivity contribution >= 4 is 5.97 Å². The number of halogens is 2. The van der Waals surface area contributed by atoms with Crippen LogP contribution in [0.15, 0.2) is 42.5 Å². The Morgan fingerprint density at radius 2 is 1.94 bits per heavy atom. The van der Waals surface area contributed by atoms with Gasteiger partial charge in [-0.1, -0.05) is 43.8 Å². The molecule has 0 N–H and O–H groups in total. The molecule has 2 nitrogen and oxygen atoms in total. The van der Waals surface area contributed by atoms with E-state index in [9.17, 15) is 13.6 Å². The molecule has 98 valence electrons. The fraction of sp³-hybridized carbons (Fsp3) is 0.357. The molecule has 0 spiro atoms. The van der Waals surface area contributed by atoms with E-state index in [-0.39, 0.29) is 12.0 Å². The number of hydrogen-bond acceptors (Lipinski definition) is 2. The molecule has 0 bridgehead atoms. The number of methoxy groups -OCH3 is 1. The first kappa shape index (κ1) is 14.4. The maximum atomic E-state index is 14.0. The van der Waals surface area contributed by atoms with Crippen molar-refractivity contribution in [3.8, 4) is 0 Å². The van der Waals surface area contributed by atoms with E-state index in [2.05, 4.69) is 11.3 Å². The van der Waals surface area contributed by atoms with Gasteiger partial charge in [0.25, 0.3) is 5.92 Å². The highest BCUT2D eigenvalue weighted by atomic mass is 19.3. The maximum absolute atomic E-state index is 14.0. The topological polar surface area (TPSA) is 26.3 Å². The van der Waals surface area contributed by atoms with Gasteiger partial charge in [-0.15, -0.1) is 0 Å². The molecule has 0 aliphatic carbocycles. The van der Waals surface area contributed by atoms with Crippen LogP contribution in [0.3, 0.4) is 0 Å². The number of esters is 1. The molecule has 18 heavy (non-hydrogen) atoms. The predicted octanol–water partition coefficient (Wildman–Crippen LogP) is 3.54. The van der Waals surface area contributed by atoms with E-state index in [1.807, 2.05) is 0 Å². The summed E-state index contributed by atoms with van der Waals surface area (Å²) in [6, 6.07) is 8.15. The number of benzene rings is 1. The van der Waals surface area contributed by atoms with Crippen molar-refractivity contribution in [2.24, 2.45) is 0 Å². The summed E-state index contributed by atoms with van der Waals surface area (Å²) in [5, 5.41) is 0. The maximum Gasteiger partial charge on any atom is 0.333 e. The highest BCUT2D eigenvalue weighted by Crippen LogP contribution is 2.40. The number of carbonyl (C=O) groups is 1. The van der Waals surface area contributed by atoms with Crippen LogP contribution >= 0.6 is 0 Å². The molecule has 0 amide bonds. The van der Waals surface area contributed by atoms with Crippen molar-refractivity contribution in [1.82, 2.24) is 0 Å². The Labute approximate surface area is 105 Å². The Kier molecular flexibility index (Phi) is 4.59. The summed E-state index contributed by atoms with van der Waals surface area (Å²) in [7, 11) is 1.15. The molecule has 0 aliphatic rings. The van der Waals surface area contributed by atoms with E-state index in [1.165, 1.54) is 6.92 Å². The van der Waals surface area contributed by atoms with Crippen molar-refractivity contribution in [2.45, 2.75) is 25.2 Å². The average molecular weight is 254 g/mol. The van der Waals surface area contributed by atoms with E-state index < -0.39 is 17.8 Å². The summed E-state index contributed by atoms with van der Waals surface area (Å²) >= 11 is 0. The number of ether oxygens (including phenoxy) is 1. The molecule has 0 aromatic heterocycles. The third-order valence-corrected chi connectivity index (χ3v) is 2.82. The Balaban J connectivity index is 3.20. The molecule has 1 aromatic carbocycles. The molecule has 0 unspecified atom stereocenters. The lowest BCUT2D eigenvalue weighted by Gasteiger charge is -2.27. The molecule has 4 heteroatoms. The molecule has 0 heterocycles. The lowest BCUT2D eigenvalue weighted by Crippen LogP contribution is -2.30. The Hall–Kier alpha value is -1.71. The molecule has 0 saturated heterocycles. The molecule has 0 aliphatic heterocycles. The van der Waals surface area contributed by atoms with Crippen LogP contribution < -0.4 is 0 Å². The summed E-state index contributed by atoms with van der Waals surface area (Å²) in [4.78, 5) is 11.4. The van der Waals surface area contributed by atoms with Gasteiger partial charge in [0.05, 0.1) is 13.0 Å². The first-order valence-corrected chi connectivity index (χ1v) is 5.64. The first-order chi connectivity index (χ1) is 8.44. The van der Waals surface area contributed by atoms with E-state index in [4.69, 9.17) is 0 Å². The lowest BCUT2D eigenvalue weighted by molar-refractivity contribution is -0.137. The van der Waals surface area contributed by atoms with Crippen LogP contribution in [0.2, 0.25) is 0 Å². The third-order valence-electron chi connectivity index (χ3n) is 2.82. The van der Waals surface area contributed by atoms with Crippen LogP contribution in [-0.2, 0) is 9.53 Å². The van der Waals surface area contributed by atoms with E-state index >= 15 is 0 Å². The lowest BCUT2D eigenvalue weighted by atomic mass is 9.85. The normalized spacial score (nSPS) is 12.9. The van der Waals surface area contributed by atoms with Crippen LogP contribution in [0, 0.1) is 0 Å². The summed E-state index contributed by atoms with van der Waals surface area (Å²) in [6.07, 6.45) is -0.372. The molecule has 1 rings (SSSR count). The number of alkyl halides is 2. The van der Waals surface area contributed by atoms with Gasteiger partial charge in [-0.3, -0.25) is 0 Å². The van der Waals surface area contributed by atoms with Crippen molar-refractivity contribution in [3.05, 3.63) is 48.0 Å². The van der Waals surface area contributed by atoms with Gasteiger partial charge in [-0.05, 0) is 5.56 Å². The van der Waals surface area contributed by atoms with Gasteiger partial charge in [0.15, 0.2) is 0 Å². The van der Waals surface area contributed by atoms with Crippen LogP contribution in [0.4, 0.5) is 8.78 Å². The second-order valence-electron chi connectivity index (χ2n) is 3.98. The van der Waals surface area contributed by atoms with Crippen molar-refractivity contribution in [2.75, 3.05) is 7.11 Å². The Morgan fingerprint density at radius 3 is 2.39 bits per heavy atom. The minimum absolute atomic E-state index is 0.226. The fourth-order valence-corrected chi connectivity index (χ4v) is 1.80.